The van der Waals surface area contributed by atoms with Crippen LogP contribution in [0.5, 0.6) is 0 Å². The van der Waals surface area contributed by atoms with Crippen molar-refractivity contribution in [1.29, 1.82) is 5.26 Å². The Labute approximate surface area is 131 Å². The minimum Gasteiger partial charge on any atom is -0.307 e. The lowest BCUT2D eigenvalue weighted by Crippen LogP contribution is -2.24. The summed E-state index contributed by atoms with van der Waals surface area (Å²) in [5, 5.41) is 9.09. The third-order valence-electron chi connectivity index (χ3n) is 3.88. The Hall–Kier alpha value is -2.34. The molecular formula is C19H22N2O. The molecule has 1 aromatic heterocycles. The Balaban J connectivity index is 2.51. The predicted octanol–water partition coefficient (Wildman–Crippen LogP) is 4.00. The van der Waals surface area contributed by atoms with E-state index in [1.54, 1.807) is 10.6 Å². The molecule has 114 valence electrons. The molecule has 0 aliphatic heterocycles. The van der Waals surface area contributed by atoms with Crippen LogP contribution in [0.15, 0.2) is 41.2 Å². The number of nitrogens with zero attached hydrogens (tertiary/aromatic N) is 2. The monoisotopic (exact) mass is 294 g/mol. The van der Waals surface area contributed by atoms with Crippen molar-refractivity contribution in [3.63, 3.8) is 0 Å². The third-order valence-corrected chi connectivity index (χ3v) is 3.88. The van der Waals surface area contributed by atoms with Gasteiger partial charge < -0.3 is 4.57 Å². The number of aromatic nitrogens is 1. The van der Waals surface area contributed by atoms with E-state index in [4.69, 9.17) is 5.26 Å². The van der Waals surface area contributed by atoms with E-state index in [2.05, 4.69) is 32.9 Å². The fourth-order valence-corrected chi connectivity index (χ4v) is 2.44. The molecule has 3 heteroatoms. The van der Waals surface area contributed by atoms with E-state index < -0.39 is 0 Å². The maximum absolute atomic E-state index is 12.5. The van der Waals surface area contributed by atoms with Gasteiger partial charge in [0.1, 0.15) is 11.6 Å². The molecule has 0 amide bonds. The van der Waals surface area contributed by atoms with E-state index in [0.717, 1.165) is 24.1 Å². The molecule has 0 saturated heterocycles. The van der Waals surface area contributed by atoms with Crippen molar-refractivity contribution < 1.29 is 0 Å². The van der Waals surface area contributed by atoms with Gasteiger partial charge in [-0.1, -0.05) is 45.0 Å². The van der Waals surface area contributed by atoms with Crippen LogP contribution in [0.3, 0.4) is 0 Å². The minimum atomic E-state index is -0.194. The SMILES string of the molecule is CCc1ccc(-c2ccc(C#N)c(=O)n2CCC(C)C)cc1. The highest BCUT2D eigenvalue weighted by molar-refractivity contribution is 5.60. The molecule has 0 saturated carbocycles. The largest absolute Gasteiger partial charge is 0.307 e. The van der Waals surface area contributed by atoms with Crippen molar-refractivity contribution in [3.8, 4) is 17.3 Å². The van der Waals surface area contributed by atoms with Crippen LogP contribution in [0.4, 0.5) is 0 Å². The lowest BCUT2D eigenvalue weighted by molar-refractivity contribution is 0.510. The van der Waals surface area contributed by atoms with Crippen LogP contribution in [0.2, 0.25) is 0 Å². The fraction of sp³-hybridized carbons (Fsp3) is 0.368. The molecule has 22 heavy (non-hydrogen) atoms. The standard InChI is InChI=1S/C19H22N2O/c1-4-15-5-7-16(8-6-15)18-10-9-17(13-20)19(22)21(18)12-11-14(2)3/h5-10,14H,4,11-12H2,1-3H3. The zero-order valence-electron chi connectivity index (χ0n) is 13.5. The van der Waals surface area contributed by atoms with Crippen LogP contribution in [0, 0.1) is 17.2 Å². The van der Waals surface area contributed by atoms with E-state index in [1.165, 1.54) is 5.56 Å². The molecule has 0 radical (unpaired) electrons. The molecule has 1 heterocycles. The minimum absolute atomic E-state index is 0.194. The first kappa shape index (κ1) is 16.0. The number of pyridine rings is 1. The number of hydrogen-bond donors (Lipinski definition) is 0. The van der Waals surface area contributed by atoms with E-state index in [1.807, 2.05) is 24.3 Å². The summed E-state index contributed by atoms with van der Waals surface area (Å²) in [5.74, 6) is 0.507. The predicted molar refractivity (Wildman–Crippen MR) is 89.7 cm³/mol. The van der Waals surface area contributed by atoms with Crippen LogP contribution in [0.25, 0.3) is 11.3 Å². The molecule has 0 aliphatic rings. The average molecular weight is 294 g/mol. The molecule has 2 rings (SSSR count). The number of hydrogen-bond acceptors (Lipinski definition) is 2. The second-order valence-electron chi connectivity index (χ2n) is 5.93. The summed E-state index contributed by atoms with van der Waals surface area (Å²) in [6.45, 7) is 7.02. The van der Waals surface area contributed by atoms with Crippen LogP contribution in [-0.2, 0) is 13.0 Å². The van der Waals surface area contributed by atoms with Gasteiger partial charge in [-0.15, -0.1) is 0 Å². The smallest absolute Gasteiger partial charge is 0.268 e. The maximum atomic E-state index is 12.5. The highest BCUT2D eigenvalue weighted by Crippen LogP contribution is 2.20. The van der Waals surface area contributed by atoms with Crippen molar-refractivity contribution in [1.82, 2.24) is 4.57 Å². The van der Waals surface area contributed by atoms with Gasteiger partial charge >= 0.3 is 0 Å². The molecule has 0 fully saturated rings. The summed E-state index contributed by atoms with van der Waals surface area (Å²) in [6.07, 6.45) is 1.91. The molecule has 3 nitrogen and oxygen atoms in total. The second kappa shape index (κ2) is 7.09. The molecule has 1 aromatic carbocycles. The molecule has 0 spiro atoms. The van der Waals surface area contributed by atoms with Gasteiger partial charge in [-0.3, -0.25) is 4.79 Å². The Bertz CT molecular complexity index is 734. The lowest BCUT2D eigenvalue weighted by Gasteiger charge is -2.15. The summed E-state index contributed by atoms with van der Waals surface area (Å²) >= 11 is 0. The first-order valence-corrected chi connectivity index (χ1v) is 7.80. The molecule has 0 unspecified atom stereocenters. The zero-order chi connectivity index (χ0) is 16.1. The summed E-state index contributed by atoms with van der Waals surface area (Å²) in [5.41, 5.74) is 3.18. The highest BCUT2D eigenvalue weighted by Gasteiger charge is 2.11. The van der Waals surface area contributed by atoms with E-state index in [9.17, 15) is 4.79 Å². The lowest BCUT2D eigenvalue weighted by atomic mass is 10.1. The molecule has 0 atom stereocenters. The quantitative estimate of drug-likeness (QED) is 0.837. The molecule has 0 aliphatic carbocycles. The Morgan fingerprint density at radius 3 is 2.36 bits per heavy atom. The first-order chi connectivity index (χ1) is 10.6. The van der Waals surface area contributed by atoms with E-state index in [0.29, 0.717) is 12.5 Å². The summed E-state index contributed by atoms with van der Waals surface area (Å²) in [6, 6.07) is 13.8. The van der Waals surface area contributed by atoms with Gasteiger partial charge in [0.2, 0.25) is 0 Å². The van der Waals surface area contributed by atoms with Crippen molar-refractivity contribution in [2.75, 3.05) is 0 Å². The van der Waals surface area contributed by atoms with Crippen molar-refractivity contribution in [2.45, 2.75) is 40.2 Å². The van der Waals surface area contributed by atoms with Crippen LogP contribution >= 0.6 is 0 Å². The fourth-order valence-electron chi connectivity index (χ4n) is 2.44. The summed E-state index contributed by atoms with van der Waals surface area (Å²) in [4.78, 5) is 12.5. The van der Waals surface area contributed by atoms with E-state index in [-0.39, 0.29) is 11.1 Å². The topological polar surface area (TPSA) is 45.8 Å². The molecule has 0 N–H and O–H groups in total. The first-order valence-electron chi connectivity index (χ1n) is 7.80. The third kappa shape index (κ3) is 3.46. The Morgan fingerprint density at radius 1 is 1.14 bits per heavy atom. The van der Waals surface area contributed by atoms with Crippen molar-refractivity contribution in [3.05, 3.63) is 57.9 Å². The summed E-state index contributed by atoms with van der Waals surface area (Å²) in [7, 11) is 0. The normalized spacial score (nSPS) is 10.7. The van der Waals surface area contributed by atoms with Crippen LogP contribution in [-0.4, -0.2) is 4.57 Å². The van der Waals surface area contributed by atoms with Gasteiger partial charge in [0.05, 0.1) is 5.69 Å². The average Bonchev–Trinajstić information content (AvgIpc) is 2.53. The van der Waals surface area contributed by atoms with Crippen LogP contribution < -0.4 is 5.56 Å². The number of benzene rings is 1. The van der Waals surface area contributed by atoms with Gasteiger partial charge in [-0.05, 0) is 42.0 Å². The number of nitriles is 1. The van der Waals surface area contributed by atoms with Gasteiger partial charge in [-0.25, -0.2) is 0 Å². The van der Waals surface area contributed by atoms with Gasteiger partial charge in [0.15, 0.2) is 0 Å². The molecule has 0 bridgehead atoms. The van der Waals surface area contributed by atoms with Crippen LogP contribution in [0.1, 0.15) is 38.3 Å². The summed E-state index contributed by atoms with van der Waals surface area (Å²) < 4.78 is 1.74. The molecular weight excluding hydrogens is 272 g/mol. The van der Waals surface area contributed by atoms with Gasteiger partial charge in [-0.2, -0.15) is 5.26 Å². The Morgan fingerprint density at radius 2 is 1.82 bits per heavy atom. The number of aryl methyl sites for hydroxylation is 1. The van der Waals surface area contributed by atoms with E-state index >= 15 is 0 Å². The second-order valence-corrected chi connectivity index (χ2v) is 5.93. The van der Waals surface area contributed by atoms with Crippen molar-refractivity contribution >= 4 is 0 Å². The number of rotatable bonds is 5. The maximum Gasteiger partial charge on any atom is 0.268 e. The van der Waals surface area contributed by atoms with Gasteiger partial charge in [0, 0.05) is 6.54 Å². The van der Waals surface area contributed by atoms with Gasteiger partial charge in [0.25, 0.3) is 5.56 Å². The highest BCUT2D eigenvalue weighted by atomic mass is 16.1. The van der Waals surface area contributed by atoms with Crippen molar-refractivity contribution in [2.24, 2.45) is 5.92 Å². The zero-order valence-corrected chi connectivity index (χ0v) is 13.5. The Kier molecular flexibility index (Phi) is 5.16. The molecule has 2 aromatic rings.